The van der Waals surface area contributed by atoms with Gasteiger partial charge in [-0.15, -0.1) is 0 Å². The van der Waals surface area contributed by atoms with E-state index in [0.29, 0.717) is 22.6 Å². The number of hydrogen-bond acceptors (Lipinski definition) is 3. The average molecular weight is 274 g/mol. The number of nitrogens with one attached hydrogen (secondary N) is 1. The summed E-state index contributed by atoms with van der Waals surface area (Å²) in [5.41, 5.74) is 1.61. The first-order valence-corrected chi connectivity index (χ1v) is 5.89. The van der Waals surface area contributed by atoms with Crippen LogP contribution in [0.4, 0.5) is 14.5 Å². The molecular weight excluding hydrogens is 262 g/mol. The van der Waals surface area contributed by atoms with Crippen molar-refractivity contribution in [3.8, 4) is 11.8 Å². The number of benzene rings is 2. The first kappa shape index (κ1) is 13.8. The van der Waals surface area contributed by atoms with Gasteiger partial charge in [-0.1, -0.05) is 0 Å². The van der Waals surface area contributed by atoms with Crippen LogP contribution in [0, 0.1) is 23.0 Å². The van der Waals surface area contributed by atoms with Crippen molar-refractivity contribution in [3.05, 3.63) is 59.2 Å². The fraction of sp³-hybridized carbons (Fsp3) is 0.133. The van der Waals surface area contributed by atoms with Gasteiger partial charge < -0.3 is 10.1 Å². The quantitative estimate of drug-likeness (QED) is 0.928. The van der Waals surface area contributed by atoms with Crippen molar-refractivity contribution in [2.45, 2.75) is 6.54 Å². The molecule has 0 aliphatic rings. The van der Waals surface area contributed by atoms with E-state index in [0.717, 1.165) is 6.07 Å². The highest BCUT2D eigenvalue weighted by Crippen LogP contribution is 2.26. The monoisotopic (exact) mass is 274 g/mol. The number of nitrogens with zero attached hydrogens (tertiary/aromatic N) is 1. The predicted octanol–water partition coefficient (Wildman–Crippen LogP) is 3.46. The lowest BCUT2D eigenvalue weighted by Crippen LogP contribution is -2.02. The molecule has 0 heterocycles. The molecule has 0 aliphatic carbocycles. The molecule has 3 nitrogen and oxygen atoms in total. The molecule has 0 saturated carbocycles. The van der Waals surface area contributed by atoms with Gasteiger partial charge in [0.25, 0.3) is 0 Å². The van der Waals surface area contributed by atoms with Crippen molar-refractivity contribution < 1.29 is 13.5 Å². The molecule has 0 fully saturated rings. The Morgan fingerprint density at radius 3 is 2.45 bits per heavy atom. The lowest BCUT2D eigenvalue weighted by Gasteiger charge is -2.11. The minimum absolute atomic E-state index is 0.247. The molecule has 0 unspecified atom stereocenters. The fourth-order valence-corrected chi connectivity index (χ4v) is 1.82. The van der Waals surface area contributed by atoms with Gasteiger partial charge in [-0.2, -0.15) is 5.26 Å². The van der Waals surface area contributed by atoms with Gasteiger partial charge in [-0.05, 0) is 29.8 Å². The Labute approximate surface area is 115 Å². The molecule has 0 aromatic heterocycles. The van der Waals surface area contributed by atoms with Gasteiger partial charge in [0.05, 0.1) is 24.4 Å². The summed E-state index contributed by atoms with van der Waals surface area (Å²) in [6.07, 6.45) is 0. The summed E-state index contributed by atoms with van der Waals surface area (Å²) in [5, 5.41) is 11.8. The summed E-state index contributed by atoms with van der Waals surface area (Å²) >= 11 is 0. The molecule has 2 rings (SSSR count). The summed E-state index contributed by atoms with van der Waals surface area (Å²) in [5.74, 6) is -0.733. The number of anilines is 1. The first-order valence-electron chi connectivity index (χ1n) is 5.89. The Morgan fingerprint density at radius 1 is 1.15 bits per heavy atom. The molecular formula is C15H12F2N2O. The van der Waals surface area contributed by atoms with Crippen LogP contribution in [0.5, 0.6) is 5.75 Å². The SMILES string of the molecule is COc1cc(C#N)ccc1NCc1cc(F)cc(F)c1. The van der Waals surface area contributed by atoms with Crippen LogP contribution in [0.15, 0.2) is 36.4 Å². The fourth-order valence-electron chi connectivity index (χ4n) is 1.82. The lowest BCUT2D eigenvalue weighted by molar-refractivity contribution is 0.416. The molecule has 0 atom stereocenters. The maximum atomic E-state index is 13.1. The van der Waals surface area contributed by atoms with Gasteiger partial charge >= 0.3 is 0 Å². The van der Waals surface area contributed by atoms with E-state index >= 15 is 0 Å². The summed E-state index contributed by atoms with van der Waals surface area (Å²) in [4.78, 5) is 0. The van der Waals surface area contributed by atoms with E-state index in [1.807, 2.05) is 6.07 Å². The molecule has 0 spiro atoms. The molecule has 0 amide bonds. The Hall–Kier alpha value is -2.61. The van der Waals surface area contributed by atoms with E-state index in [-0.39, 0.29) is 6.54 Å². The second-order valence-electron chi connectivity index (χ2n) is 4.16. The van der Waals surface area contributed by atoms with Crippen molar-refractivity contribution in [1.29, 1.82) is 5.26 Å². The van der Waals surface area contributed by atoms with Crippen LogP contribution >= 0.6 is 0 Å². The number of ether oxygens (including phenoxy) is 1. The van der Waals surface area contributed by atoms with Gasteiger partial charge in [-0.3, -0.25) is 0 Å². The van der Waals surface area contributed by atoms with Gasteiger partial charge in [0.15, 0.2) is 0 Å². The van der Waals surface area contributed by atoms with Crippen LogP contribution in [0.25, 0.3) is 0 Å². The molecule has 0 bridgehead atoms. The van der Waals surface area contributed by atoms with Crippen LogP contribution in [0.1, 0.15) is 11.1 Å². The number of halogens is 2. The molecule has 102 valence electrons. The Balaban J connectivity index is 2.16. The third kappa shape index (κ3) is 3.23. The second-order valence-corrected chi connectivity index (χ2v) is 4.16. The molecule has 2 aromatic carbocycles. The first-order chi connectivity index (χ1) is 9.62. The average Bonchev–Trinajstić information content (AvgIpc) is 2.44. The van der Waals surface area contributed by atoms with Crippen molar-refractivity contribution in [3.63, 3.8) is 0 Å². The molecule has 1 N–H and O–H groups in total. The van der Waals surface area contributed by atoms with E-state index in [1.165, 1.54) is 19.2 Å². The number of rotatable bonds is 4. The third-order valence-corrected chi connectivity index (χ3v) is 2.74. The third-order valence-electron chi connectivity index (χ3n) is 2.74. The van der Waals surface area contributed by atoms with Gasteiger partial charge in [0.2, 0.25) is 0 Å². The van der Waals surface area contributed by atoms with E-state index < -0.39 is 11.6 Å². The van der Waals surface area contributed by atoms with Crippen LogP contribution in [-0.4, -0.2) is 7.11 Å². The van der Waals surface area contributed by atoms with Gasteiger partial charge in [0.1, 0.15) is 17.4 Å². The molecule has 0 aliphatic heterocycles. The summed E-state index contributed by atoms with van der Waals surface area (Å²) in [6, 6.07) is 10.3. The highest BCUT2D eigenvalue weighted by atomic mass is 19.1. The summed E-state index contributed by atoms with van der Waals surface area (Å²) < 4.78 is 31.3. The van der Waals surface area contributed by atoms with Crippen LogP contribution in [0.3, 0.4) is 0 Å². The van der Waals surface area contributed by atoms with Crippen LogP contribution in [-0.2, 0) is 6.54 Å². The summed E-state index contributed by atoms with van der Waals surface area (Å²) in [6.45, 7) is 0.247. The molecule has 0 saturated heterocycles. The highest BCUT2D eigenvalue weighted by molar-refractivity contribution is 5.59. The van der Waals surface area contributed by atoms with Crippen molar-refractivity contribution in [2.24, 2.45) is 0 Å². The maximum absolute atomic E-state index is 13.1. The largest absolute Gasteiger partial charge is 0.495 e. The lowest BCUT2D eigenvalue weighted by atomic mass is 10.1. The minimum Gasteiger partial charge on any atom is -0.495 e. The Kier molecular flexibility index (Phi) is 4.16. The van der Waals surface area contributed by atoms with E-state index in [9.17, 15) is 8.78 Å². The normalized spacial score (nSPS) is 9.90. The minimum atomic E-state index is -0.617. The maximum Gasteiger partial charge on any atom is 0.143 e. The van der Waals surface area contributed by atoms with Gasteiger partial charge in [0, 0.05) is 18.7 Å². The van der Waals surface area contributed by atoms with Crippen LogP contribution < -0.4 is 10.1 Å². The molecule has 2 aromatic rings. The highest BCUT2D eigenvalue weighted by Gasteiger charge is 2.05. The van der Waals surface area contributed by atoms with Crippen molar-refractivity contribution in [2.75, 3.05) is 12.4 Å². The topological polar surface area (TPSA) is 45.0 Å². The van der Waals surface area contributed by atoms with E-state index in [2.05, 4.69) is 5.32 Å². The number of methoxy groups -OCH3 is 1. The Bertz CT molecular complexity index is 645. The molecule has 0 radical (unpaired) electrons. The predicted molar refractivity (Wildman–Crippen MR) is 71.4 cm³/mol. The van der Waals surface area contributed by atoms with Gasteiger partial charge in [-0.25, -0.2) is 8.78 Å². The van der Waals surface area contributed by atoms with E-state index in [1.54, 1.807) is 18.2 Å². The van der Waals surface area contributed by atoms with Crippen LogP contribution in [0.2, 0.25) is 0 Å². The zero-order valence-corrected chi connectivity index (χ0v) is 10.8. The number of nitriles is 1. The second kappa shape index (κ2) is 6.02. The molecule has 5 heteroatoms. The smallest absolute Gasteiger partial charge is 0.143 e. The number of hydrogen-bond donors (Lipinski definition) is 1. The van der Waals surface area contributed by atoms with Crippen molar-refractivity contribution >= 4 is 5.69 Å². The summed E-state index contributed by atoms with van der Waals surface area (Å²) in [7, 11) is 1.49. The molecule has 20 heavy (non-hydrogen) atoms. The van der Waals surface area contributed by atoms with E-state index in [4.69, 9.17) is 10.00 Å². The standard InChI is InChI=1S/C15H12F2N2O/c1-20-15-6-10(8-18)2-3-14(15)19-9-11-4-12(16)7-13(17)5-11/h2-7,19H,9H2,1H3. The Morgan fingerprint density at radius 2 is 1.85 bits per heavy atom. The van der Waals surface area contributed by atoms with Crippen molar-refractivity contribution in [1.82, 2.24) is 0 Å². The zero-order valence-electron chi connectivity index (χ0n) is 10.8. The zero-order chi connectivity index (χ0) is 14.5.